The second kappa shape index (κ2) is 5.63. The van der Waals surface area contributed by atoms with Gasteiger partial charge in [-0.25, -0.2) is 0 Å². The Morgan fingerprint density at radius 1 is 1.31 bits per heavy atom. The number of hydrogen-bond donors (Lipinski definition) is 0. The van der Waals surface area contributed by atoms with Crippen molar-refractivity contribution >= 4 is 45.2 Å². The number of alkyl halides is 1. The fourth-order valence-corrected chi connectivity index (χ4v) is 1.60. The molecule has 1 aromatic heterocycles. The van der Waals surface area contributed by atoms with Gasteiger partial charge in [0.05, 0.1) is 10.0 Å². The van der Waals surface area contributed by atoms with Crippen LogP contribution < -0.4 is 0 Å². The number of aromatic nitrogens is 1. The highest BCUT2D eigenvalue weighted by Gasteiger charge is 2.00. The Hall–Kier alpha value is -0.0500. The zero-order valence-corrected chi connectivity index (χ0v) is 9.90. The van der Waals surface area contributed by atoms with Gasteiger partial charge in [-0.15, -0.1) is 0 Å². The highest BCUT2D eigenvalue weighted by atomic mass is 79.9. The third-order valence-electron chi connectivity index (χ3n) is 1.45. The summed E-state index contributed by atoms with van der Waals surface area (Å²) in [7, 11) is 0. The van der Waals surface area contributed by atoms with Gasteiger partial charge in [0.2, 0.25) is 0 Å². The molecule has 0 bridgehead atoms. The molecule has 1 nitrogen and oxygen atoms in total. The lowest BCUT2D eigenvalue weighted by Crippen LogP contribution is -1.80. The van der Waals surface area contributed by atoms with Gasteiger partial charge in [-0.05, 0) is 6.42 Å². The van der Waals surface area contributed by atoms with Crippen molar-refractivity contribution in [1.82, 2.24) is 4.98 Å². The molecule has 1 aromatic rings. The van der Waals surface area contributed by atoms with E-state index in [4.69, 9.17) is 23.2 Å². The second-order valence-corrected chi connectivity index (χ2v) is 4.00. The van der Waals surface area contributed by atoms with Gasteiger partial charge in [0.25, 0.3) is 0 Å². The lowest BCUT2D eigenvalue weighted by atomic mass is 10.2. The van der Waals surface area contributed by atoms with Gasteiger partial charge in [-0.2, -0.15) is 0 Å². The van der Waals surface area contributed by atoms with Crippen LogP contribution in [-0.2, 0) is 0 Å². The van der Waals surface area contributed by atoms with Crippen LogP contribution in [0.4, 0.5) is 0 Å². The highest BCUT2D eigenvalue weighted by Crippen LogP contribution is 2.24. The number of nitrogens with zero attached hydrogens (tertiary/aromatic N) is 1. The van der Waals surface area contributed by atoms with Gasteiger partial charge in [0, 0.05) is 23.3 Å². The van der Waals surface area contributed by atoms with Crippen molar-refractivity contribution < 1.29 is 0 Å². The quantitative estimate of drug-likeness (QED) is 0.757. The molecule has 4 heteroatoms. The first-order valence-corrected chi connectivity index (χ1v) is 5.65. The number of pyridine rings is 1. The van der Waals surface area contributed by atoms with Crippen LogP contribution in [0.2, 0.25) is 10.0 Å². The molecule has 1 heterocycles. The molecule has 70 valence electrons. The predicted octanol–water partition coefficient (Wildman–Crippen LogP) is 4.19. The molecule has 13 heavy (non-hydrogen) atoms. The molecule has 0 spiro atoms. The van der Waals surface area contributed by atoms with Crippen molar-refractivity contribution in [3.05, 3.63) is 34.1 Å². The molecule has 0 saturated heterocycles. The Morgan fingerprint density at radius 2 is 1.92 bits per heavy atom. The van der Waals surface area contributed by atoms with E-state index in [2.05, 4.69) is 20.9 Å². The summed E-state index contributed by atoms with van der Waals surface area (Å²) in [6, 6.07) is 0. The van der Waals surface area contributed by atoms with E-state index in [0.717, 1.165) is 17.3 Å². The maximum atomic E-state index is 5.90. The molecular formula is C9H8BrCl2N. The molecule has 0 unspecified atom stereocenters. The summed E-state index contributed by atoms with van der Waals surface area (Å²) < 4.78 is 0. The van der Waals surface area contributed by atoms with E-state index < -0.39 is 0 Å². The fraction of sp³-hybridized carbons (Fsp3) is 0.222. The predicted molar refractivity (Wildman–Crippen MR) is 61.7 cm³/mol. The molecule has 1 rings (SSSR count). The molecule has 0 aromatic carbocycles. The number of rotatable bonds is 3. The monoisotopic (exact) mass is 279 g/mol. The van der Waals surface area contributed by atoms with Crippen molar-refractivity contribution in [3.63, 3.8) is 0 Å². The van der Waals surface area contributed by atoms with E-state index in [1.54, 1.807) is 12.4 Å². The van der Waals surface area contributed by atoms with Gasteiger partial charge in [0.15, 0.2) is 0 Å². The summed E-state index contributed by atoms with van der Waals surface area (Å²) in [5.41, 5.74) is 0.833. The molecule has 0 aliphatic carbocycles. The maximum absolute atomic E-state index is 5.90. The van der Waals surface area contributed by atoms with Crippen LogP contribution in [0.25, 0.3) is 6.08 Å². The number of hydrogen-bond acceptors (Lipinski definition) is 1. The zero-order chi connectivity index (χ0) is 9.68. The third kappa shape index (κ3) is 3.29. The number of halogens is 3. The first kappa shape index (κ1) is 11.0. The van der Waals surface area contributed by atoms with Crippen LogP contribution in [0, 0.1) is 0 Å². The molecule has 0 radical (unpaired) electrons. The van der Waals surface area contributed by atoms with E-state index in [1.807, 2.05) is 12.2 Å². The van der Waals surface area contributed by atoms with E-state index in [-0.39, 0.29) is 0 Å². The lowest BCUT2D eigenvalue weighted by molar-refractivity contribution is 1.27. The van der Waals surface area contributed by atoms with Crippen molar-refractivity contribution in [2.45, 2.75) is 6.42 Å². The molecule has 0 saturated carbocycles. The van der Waals surface area contributed by atoms with E-state index >= 15 is 0 Å². The Balaban J connectivity index is 2.87. The molecule has 0 amide bonds. The molecule has 0 atom stereocenters. The molecule has 0 fully saturated rings. The minimum Gasteiger partial charge on any atom is -0.262 e. The maximum Gasteiger partial charge on any atom is 0.0676 e. The van der Waals surface area contributed by atoms with Crippen molar-refractivity contribution in [2.75, 3.05) is 5.33 Å². The van der Waals surface area contributed by atoms with Gasteiger partial charge >= 0.3 is 0 Å². The molecule has 0 aliphatic rings. The van der Waals surface area contributed by atoms with E-state index in [0.29, 0.717) is 10.0 Å². The topological polar surface area (TPSA) is 12.9 Å². The molecule has 0 N–H and O–H groups in total. The second-order valence-electron chi connectivity index (χ2n) is 2.40. The van der Waals surface area contributed by atoms with E-state index in [9.17, 15) is 0 Å². The number of allylic oxidation sites excluding steroid dienone is 1. The minimum atomic E-state index is 0.582. The third-order valence-corrected chi connectivity index (χ3v) is 2.51. The first-order valence-electron chi connectivity index (χ1n) is 3.77. The van der Waals surface area contributed by atoms with Crippen molar-refractivity contribution in [1.29, 1.82) is 0 Å². The van der Waals surface area contributed by atoms with Crippen LogP contribution in [-0.4, -0.2) is 10.3 Å². The van der Waals surface area contributed by atoms with Crippen molar-refractivity contribution in [3.8, 4) is 0 Å². The fourth-order valence-electron chi connectivity index (χ4n) is 0.845. The average Bonchev–Trinajstić information content (AvgIpc) is 2.10. The Bertz CT molecular complexity index is 292. The summed E-state index contributed by atoms with van der Waals surface area (Å²) in [4.78, 5) is 3.87. The standard InChI is InChI=1S/C9H8BrCl2N/c10-4-2-1-3-7-8(11)5-13-6-9(7)12/h1,3,5-6H,2,4H2. The summed E-state index contributed by atoms with van der Waals surface area (Å²) in [6.45, 7) is 0. The van der Waals surface area contributed by atoms with Crippen LogP contribution >= 0.6 is 39.1 Å². The van der Waals surface area contributed by atoms with Crippen LogP contribution in [0.15, 0.2) is 18.5 Å². The summed E-state index contributed by atoms with van der Waals surface area (Å²) in [5, 5.41) is 2.10. The average molecular weight is 281 g/mol. The zero-order valence-electron chi connectivity index (χ0n) is 6.80. The van der Waals surface area contributed by atoms with Gasteiger partial charge in [-0.3, -0.25) is 4.98 Å². The summed E-state index contributed by atoms with van der Waals surface area (Å²) >= 11 is 15.1. The van der Waals surface area contributed by atoms with Gasteiger partial charge in [-0.1, -0.05) is 51.3 Å². The Morgan fingerprint density at radius 3 is 2.46 bits per heavy atom. The Labute approximate surface area is 95.9 Å². The highest BCUT2D eigenvalue weighted by molar-refractivity contribution is 9.09. The summed E-state index contributed by atoms with van der Waals surface area (Å²) in [6.07, 6.45) is 8.05. The molecular weight excluding hydrogens is 273 g/mol. The normalized spacial score (nSPS) is 11.0. The van der Waals surface area contributed by atoms with E-state index in [1.165, 1.54) is 0 Å². The van der Waals surface area contributed by atoms with Crippen LogP contribution in [0.3, 0.4) is 0 Å². The Kier molecular flexibility index (Phi) is 4.78. The minimum absolute atomic E-state index is 0.582. The van der Waals surface area contributed by atoms with Crippen LogP contribution in [0.1, 0.15) is 12.0 Å². The van der Waals surface area contributed by atoms with Crippen LogP contribution in [0.5, 0.6) is 0 Å². The largest absolute Gasteiger partial charge is 0.262 e. The van der Waals surface area contributed by atoms with Gasteiger partial charge < -0.3 is 0 Å². The molecule has 0 aliphatic heterocycles. The SMILES string of the molecule is Clc1cncc(Cl)c1C=CCCBr. The smallest absolute Gasteiger partial charge is 0.0676 e. The van der Waals surface area contributed by atoms with Gasteiger partial charge in [0.1, 0.15) is 0 Å². The lowest BCUT2D eigenvalue weighted by Gasteiger charge is -1.99. The summed E-state index contributed by atoms with van der Waals surface area (Å²) in [5.74, 6) is 0. The first-order chi connectivity index (χ1) is 6.25. The van der Waals surface area contributed by atoms with Crippen molar-refractivity contribution in [2.24, 2.45) is 0 Å².